The molecule has 0 spiro atoms. The van der Waals surface area contributed by atoms with Crippen molar-refractivity contribution in [3.8, 4) is 5.75 Å². The normalized spacial score (nSPS) is 12.6. The van der Waals surface area contributed by atoms with Crippen LogP contribution in [0.5, 0.6) is 5.75 Å². The number of ether oxygens (including phenoxy) is 1. The number of pyridine rings is 2. The Morgan fingerprint density at radius 1 is 1.11 bits per heavy atom. The van der Waals surface area contributed by atoms with Crippen LogP contribution in [-0.4, -0.2) is 28.7 Å². The lowest BCUT2D eigenvalue weighted by atomic mass is 10.1. The molecule has 3 aromatic rings. The Morgan fingerprint density at radius 3 is 2.52 bits per heavy atom. The van der Waals surface area contributed by atoms with E-state index in [1.807, 2.05) is 24.3 Å². The van der Waals surface area contributed by atoms with E-state index in [2.05, 4.69) is 20.0 Å². The van der Waals surface area contributed by atoms with Gasteiger partial charge in [0.15, 0.2) is 6.61 Å². The van der Waals surface area contributed by atoms with Crippen LogP contribution in [-0.2, 0) is 0 Å². The van der Waals surface area contributed by atoms with Gasteiger partial charge >= 0.3 is 6.18 Å². The van der Waals surface area contributed by atoms with Gasteiger partial charge in [-0.3, -0.25) is 14.8 Å². The summed E-state index contributed by atoms with van der Waals surface area (Å²) in [6.45, 7) is 0.339. The van der Waals surface area contributed by atoms with Crippen molar-refractivity contribution < 1.29 is 22.7 Å². The quantitative estimate of drug-likeness (QED) is 0.730. The standard InChI is InChI=1S/C19H16F3N3O2/c1-12(16-7-6-15(10-24-16)27-11-19(20,21)22)25-18(26)17-8-13-4-2-3-5-14(13)9-23-17/h2-10,12H,11H2,1H3,(H,25,26)/t12-/m1/s1. The lowest BCUT2D eigenvalue weighted by molar-refractivity contribution is -0.153. The molecule has 0 saturated carbocycles. The molecule has 1 atom stereocenters. The molecular formula is C19H16F3N3O2. The van der Waals surface area contributed by atoms with Gasteiger partial charge < -0.3 is 10.1 Å². The molecule has 3 rings (SSSR count). The first kappa shape index (κ1) is 18.6. The maximum absolute atomic E-state index is 12.4. The number of nitrogens with one attached hydrogen (secondary N) is 1. The van der Waals surface area contributed by atoms with Crippen LogP contribution < -0.4 is 10.1 Å². The molecule has 1 N–H and O–H groups in total. The van der Waals surface area contributed by atoms with Crippen LogP contribution in [0.4, 0.5) is 13.2 Å². The van der Waals surface area contributed by atoms with Gasteiger partial charge in [0, 0.05) is 11.6 Å². The van der Waals surface area contributed by atoms with Gasteiger partial charge in [0.05, 0.1) is 17.9 Å². The molecule has 0 aliphatic heterocycles. The summed E-state index contributed by atoms with van der Waals surface area (Å²) in [5, 5.41) is 4.59. The highest BCUT2D eigenvalue weighted by Crippen LogP contribution is 2.20. The lowest BCUT2D eigenvalue weighted by Gasteiger charge is -2.14. The van der Waals surface area contributed by atoms with E-state index in [1.54, 1.807) is 19.2 Å². The Kier molecular flexibility index (Phi) is 5.25. The van der Waals surface area contributed by atoms with Gasteiger partial charge in [-0.15, -0.1) is 0 Å². The number of hydrogen-bond acceptors (Lipinski definition) is 4. The minimum Gasteiger partial charge on any atom is -0.483 e. The van der Waals surface area contributed by atoms with Gasteiger partial charge in [-0.05, 0) is 30.5 Å². The molecule has 0 aliphatic rings. The van der Waals surface area contributed by atoms with Crippen LogP contribution in [0.1, 0.15) is 29.1 Å². The van der Waals surface area contributed by atoms with Gasteiger partial charge in [0.1, 0.15) is 11.4 Å². The van der Waals surface area contributed by atoms with Gasteiger partial charge in [-0.25, -0.2) is 0 Å². The second kappa shape index (κ2) is 7.61. The summed E-state index contributed by atoms with van der Waals surface area (Å²) in [5.41, 5.74) is 0.758. The highest BCUT2D eigenvalue weighted by Gasteiger charge is 2.28. The van der Waals surface area contributed by atoms with E-state index in [0.29, 0.717) is 5.69 Å². The van der Waals surface area contributed by atoms with Crippen molar-refractivity contribution in [3.05, 3.63) is 66.2 Å². The van der Waals surface area contributed by atoms with Crippen molar-refractivity contribution in [2.75, 3.05) is 6.61 Å². The molecule has 8 heteroatoms. The summed E-state index contributed by atoms with van der Waals surface area (Å²) in [7, 11) is 0. The zero-order valence-electron chi connectivity index (χ0n) is 14.3. The number of alkyl halides is 3. The van der Waals surface area contributed by atoms with Crippen molar-refractivity contribution in [3.63, 3.8) is 0 Å². The van der Waals surface area contributed by atoms with Gasteiger partial charge in [0.2, 0.25) is 0 Å². The fraction of sp³-hybridized carbons (Fsp3) is 0.211. The molecule has 2 heterocycles. The Balaban J connectivity index is 1.65. The van der Waals surface area contributed by atoms with Crippen molar-refractivity contribution in [1.29, 1.82) is 0 Å². The fourth-order valence-electron chi connectivity index (χ4n) is 2.45. The van der Waals surface area contributed by atoms with E-state index in [0.717, 1.165) is 10.8 Å². The maximum atomic E-state index is 12.4. The van der Waals surface area contributed by atoms with Crippen LogP contribution >= 0.6 is 0 Å². The Hall–Kier alpha value is -3.16. The molecule has 0 radical (unpaired) electrons. The third-order valence-corrected chi connectivity index (χ3v) is 3.82. The van der Waals surface area contributed by atoms with E-state index in [4.69, 9.17) is 0 Å². The number of rotatable bonds is 5. The first-order chi connectivity index (χ1) is 12.8. The molecule has 0 aliphatic carbocycles. The molecular weight excluding hydrogens is 359 g/mol. The van der Waals surface area contributed by atoms with Gasteiger partial charge in [-0.2, -0.15) is 13.2 Å². The smallest absolute Gasteiger partial charge is 0.422 e. The number of halogens is 3. The number of benzene rings is 1. The summed E-state index contributed by atoms with van der Waals surface area (Å²) in [5.74, 6) is -0.363. The summed E-state index contributed by atoms with van der Waals surface area (Å²) in [4.78, 5) is 20.6. The summed E-state index contributed by atoms with van der Waals surface area (Å²) < 4.78 is 41.1. The van der Waals surface area contributed by atoms with E-state index in [1.165, 1.54) is 18.3 Å². The minimum absolute atomic E-state index is 0.00537. The van der Waals surface area contributed by atoms with Gasteiger partial charge in [-0.1, -0.05) is 24.3 Å². The predicted molar refractivity (Wildman–Crippen MR) is 93.4 cm³/mol. The highest BCUT2D eigenvalue weighted by molar-refractivity contribution is 5.96. The largest absolute Gasteiger partial charge is 0.483 e. The third-order valence-electron chi connectivity index (χ3n) is 3.82. The van der Waals surface area contributed by atoms with Crippen molar-refractivity contribution in [2.24, 2.45) is 0 Å². The third kappa shape index (κ3) is 4.93. The van der Waals surface area contributed by atoms with Crippen LogP contribution in [0.15, 0.2) is 54.9 Å². The molecule has 5 nitrogen and oxygen atoms in total. The topological polar surface area (TPSA) is 64.1 Å². The van der Waals surface area contributed by atoms with E-state index >= 15 is 0 Å². The van der Waals surface area contributed by atoms with Crippen molar-refractivity contribution in [1.82, 2.24) is 15.3 Å². The van der Waals surface area contributed by atoms with Crippen molar-refractivity contribution in [2.45, 2.75) is 19.1 Å². The van der Waals surface area contributed by atoms with E-state index in [9.17, 15) is 18.0 Å². The number of amides is 1. The number of hydrogen-bond donors (Lipinski definition) is 1. The average Bonchev–Trinajstić information content (AvgIpc) is 2.65. The molecule has 27 heavy (non-hydrogen) atoms. The molecule has 0 fully saturated rings. The van der Waals surface area contributed by atoms with Crippen molar-refractivity contribution >= 4 is 16.7 Å². The number of carbonyl (C=O) groups is 1. The molecule has 0 unspecified atom stereocenters. The highest BCUT2D eigenvalue weighted by atomic mass is 19.4. The maximum Gasteiger partial charge on any atom is 0.422 e. The number of aromatic nitrogens is 2. The number of carbonyl (C=O) groups excluding carboxylic acids is 1. The predicted octanol–water partition coefficient (Wildman–Crippen LogP) is 4.06. The molecule has 2 aromatic heterocycles. The van der Waals surface area contributed by atoms with Crippen LogP contribution in [0.3, 0.4) is 0 Å². The first-order valence-corrected chi connectivity index (χ1v) is 8.13. The van der Waals surface area contributed by atoms with Crippen LogP contribution in [0, 0.1) is 0 Å². The van der Waals surface area contributed by atoms with E-state index < -0.39 is 18.8 Å². The summed E-state index contributed by atoms with van der Waals surface area (Å²) in [6, 6.07) is 11.7. The zero-order chi connectivity index (χ0) is 19.4. The Labute approximate surface area is 153 Å². The van der Waals surface area contributed by atoms with Gasteiger partial charge in [0.25, 0.3) is 5.91 Å². The first-order valence-electron chi connectivity index (χ1n) is 8.13. The molecule has 0 bridgehead atoms. The monoisotopic (exact) mass is 375 g/mol. The fourth-order valence-corrected chi connectivity index (χ4v) is 2.45. The second-order valence-corrected chi connectivity index (χ2v) is 5.93. The van der Waals surface area contributed by atoms with Crippen LogP contribution in [0.2, 0.25) is 0 Å². The SMILES string of the molecule is C[C@@H](NC(=O)c1cc2ccccc2cn1)c1ccc(OCC(F)(F)F)cn1. The van der Waals surface area contributed by atoms with E-state index in [-0.39, 0.29) is 17.4 Å². The molecule has 1 aromatic carbocycles. The minimum atomic E-state index is -4.41. The lowest BCUT2D eigenvalue weighted by Crippen LogP contribution is -2.28. The Morgan fingerprint density at radius 2 is 1.85 bits per heavy atom. The number of fused-ring (bicyclic) bond motifs is 1. The van der Waals surface area contributed by atoms with Crippen LogP contribution in [0.25, 0.3) is 10.8 Å². The number of nitrogens with zero attached hydrogens (tertiary/aromatic N) is 2. The summed E-state index contributed by atoms with van der Waals surface area (Å²) in [6.07, 6.45) is -1.59. The Bertz CT molecular complexity index is 943. The average molecular weight is 375 g/mol. The molecule has 1 amide bonds. The summed E-state index contributed by atoms with van der Waals surface area (Å²) >= 11 is 0. The zero-order valence-corrected chi connectivity index (χ0v) is 14.3. The molecule has 140 valence electrons. The molecule has 0 saturated heterocycles. The second-order valence-electron chi connectivity index (χ2n) is 5.93.